The Morgan fingerprint density at radius 2 is 2.00 bits per heavy atom. The summed E-state index contributed by atoms with van der Waals surface area (Å²) in [6, 6.07) is 6.02. The molecule has 2 aromatic rings. The number of aromatic nitrogens is 1. The monoisotopic (exact) mass is 301 g/mol. The predicted molar refractivity (Wildman–Crippen MR) is 85.4 cm³/mol. The maximum Gasteiger partial charge on any atom is 0.225 e. The van der Waals surface area contributed by atoms with Crippen LogP contribution in [0.15, 0.2) is 22.6 Å². The van der Waals surface area contributed by atoms with Crippen LogP contribution in [0.1, 0.15) is 25.3 Å². The number of fused-ring (bicyclic) bond motifs is 1. The number of hydrogen-bond donors (Lipinski definition) is 0. The Morgan fingerprint density at radius 1 is 1.27 bits per heavy atom. The van der Waals surface area contributed by atoms with Crippen LogP contribution in [0.25, 0.3) is 11.1 Å². The molecule has 1 aromatic carbocycles. The van der Waals surface area contributed by atoms with Gasteiger partial charge in [0.05, 0.1) is 6.54 Å². The van der Waals surface area contributed by atoms with Crippen molar-refractivity contribution in [1.82, 2.24) is 14.8 Å². The lowest BCUT2D eigenvalue weighted by atomic mass is 10.1. The van der Waals surface area contributed by atoms with Gasteiger partial charge in [0, 0.05) is 32.1 Å². The molecule has 5 heteroatoms. The second kappa shape index (κ2) is 6.08. The largest absolute Gasteiger partial charge is 0.439 e. The summed E-state index contributed by atoms with van der Waals surface area (Å²) in [5.74, 6) is 1.08. The molecule has 0 bridgehead atoms. The van der Waals surface area contributed by atoms with Gasteiger partial charge in [-0.25, -0.2) is 4.98 Å². The van der Waals surface area contributed by atoms with E-state index < -0.39 is 0 Å². The second-order valence-corrected chi connectivity index (χ2v) is 6.29. The van der Waals surface area contributed by atoms with Crippen molar-refractivity contribution >= 4 is 17.0 Å². The number of benzene rings is 1. The molecule has 0 atom stereocenters. The lowest BCUT2D eigenvalue weighted by molar-refractivity contribution is -0.136. The summed E-state index contributed by atoms with van der Waals surface area (Å²) in [5.41, 5.74) is 2.92. The molecule has 1 aromatic heterocycles. The predicted octanol–water partition coefficient (Wildman–Crippen LogP) is 2.44. The molecule has 1 amide bonds. The minimum absolute atomic E-state index is 0.0755. The quantitative estimate of drug-likeness (QED) is 0.873. The van der Waals surface area contributed by atoms with Crippen LogP contribution in [0.4, 0.5) is 0 Å². The molecule has 3 rings (SSSR count). The molecule has 5 nitrogen and oxygen atoms in total. The Morgan fingerprint density at radius 3 is 2.64 bits per heavy atom. The van der Waals surface area contributed by atoms with E-state index in [4.69, 9.17) is 4.42 Å². The van der Waals surface area contributed by atoms with E-state index in [-0.39, 0.29) is 11.8 Å². The van der Waals surface area contributed by atoms with Crippen LogP contribution >= 0.6 is 0 Å². The molecule has 1 saturated heterocycles. The van der Waals surface area contributed by atoms with Gasteiger partial charge in [0.25, 0.3) is 0 Å². The van der Waals surface area contributed by atoms with Crippen LogP contribution in [-0.2, 0) is 11.3 Å². The second-order valence-electron chi connectivity index (χ2n) is 6.29. The van der Waals surface area contributed by atoms with Crippen LogP contribution in [-0.4, -0.2) is 46.9 Å². The van der Waals surface area contributed by atoms with Crippen LogP contribution in [0.2, 0.25) is 0 Å². The molecule has 22 heavy (non-hydrogen) atoms. The minimum Gasteiger partial charge on any atom is -0.439 e. The number of oxazole rings is 1. The number of rotatable bonds is 3. The molecular weight excluding hydrogens is 278 g/mol. The first kappa shape index (κ1) is 15.0. The van der Waals surface area contributed by atoms with Crippen molar-refractivity contribution in [3.05, 3.63) is 29.7 Å². The Kier molecular flexibility index (Phi) is 4.16. The number of hydrogen-bond acceptors (Lipinski definition) is 4. The van der Waals surface area contributed by atoms with E-state index in [2.05, 4.69) is 9.88 Å². The van der Waals surface area contributed by atoms with Crippen molar-refractivity contribution in [3.8, 4) is 0 Å². The first-order valence-corrected chi connectivity index (χ1v) is 7.91. The summed E-state index contributed by atoms with van der Waals surface area (Å²) in [5, 5.41) is 0. The number of aryl methyl sites for hydroxylation is 1. The highest BCUT2D eigenvalue weighted by molar-refractivity contribution is 5.78. The Hall–Kier alpha value is -1.88. The molecule has 2 heterocycles. The highest BCUT2D eigenvalue weighted by atomic mass is 16.3. The van der Waals surface area contributed by atoms with Gasteiger partial charge in [0.15, 0.2) is 5.58 Å². The van der Waals surface area contributed by atoms with Gasteiger partial charge in [-0.05, 0) is 18.6 Å². The molecule has 0 aliphatic carbocycles. The van der Waals surface area contributed by atoms with Gasteiger partial charge >= 0.3 is 0 Å². The fourth-order valence-corrected chi connectivity index (χ4v) is 2.88. The van der Waals surface area contributed by atoms with Gasteiger partial charge in [0.2, 0.25) is 11.8 Å². The third-order valence-electron chi connectivity index (χ3n) is 4.19. The molecule has 0 spiro atoms. The highest BCUT2D eigenvalue weighted by Crippen LogP contribution is 2.20. The highest BCUT2D eigenvalue weighted by Gasteiger charge is 2.23. The number of piperazine rings is 1. The molecule has 0 N–H and O–H groups in total. The van der Waals surface area contributed by atoms with E-state index in [1.165, 1.54) is 0 Å². The number of amides is 1. The normalized spacial score (nSPS) is 16.6. The van der Waals surface area contributed by atoms with Crippen LogP contribution in [0.3, 0.4) is 0 Å². The first-order chi connectivity index (χ1) is 10.5. The molecule has 0 unspecified atom stereocenters. The summed E-state index contributed by atoms with van der Waals surface area (Å²) in [7, 11) is 0. The van der Waals surface area contributed by atoms with Crippen molar-refractivity contribution < 1.29 is 9.21 Å². The van der Waals surface area contributed by atoms with Crippen LogP contribution < -0.4 is 0 Å². The van der Waals surface area contributed by atoms with Gasteiger partial charge in [0.1, 0.15) is 5.52 Å². The molecule has 1 aliphatic rings. The Bertz CT molecular complexity index is 670. The van der Waals surface area contributed by atoms with Crippen molar-refractivity contribution in [2.24, 2.45) is 5.92 Å². The van der Waals surface area contributed by atoms with Gasteiger partial charge in [-0.1, -0.05) is 26.0 Å². The van der Waals surface area contributed by atoms with E-state index in [0.29, 0.717) is 6.54 Å². The Labute approximate surface area is 130 Å². The molecule has 1 fully saturated rings. The number of carbonyl (C=O) groups is 1. The van der Waals surface area contributed by atoms with E-state index in [1.807, 2.05) is 43.9 Å². The lowest BCUT2D eigenvalue weighted by Gasteiger charge is -2.34. The van der Waals surface area contributed by atoms with E-state index in [1.54, 1.807) is 0 Å². The van der Waals surface area contributed by atoms with E-state index in [9.17, 15) is 4.79 Å². The number of carbonyl (C=O) groups excluding carboxylic acids is 1. The Balaban J connectivity index is 1.62. The third-order valence-corrected chi connectivity index (χ3v) is 4.19. The van der Waals surface area contributed by atoms with E-state index in [0.717, 1.165) is 48.7 Å². The third kappa shape index (κ3) is 2.99. The fourth-order valence-electron chi connectivity index (χ4n) is 2.88. The average Bonchev–Trinajstić information content (AvgIpc) is 2.91. The summed E-state index contributed by atoms with van der Waals surface area (Å²) in [6.07, 6.45) is 0. The maximum atomic E-state index is 12.0. The molecule has 0 saturated carbocycles. The number of para-hydroxylation sites is 1. The van der Waals surface area contributed by atoms with Crippen molar-refractivity contribution in [2.75, 3.05) is 26.2 Å². The maximum absolute atomic E-state index is 12.0. The summed E-state index contributed by atoms with van der Waals surface area (Å²) < 4.78 is 5.88. The topological polar surface area (TPSA) is 49.6 Å². The zero-order valence-corrected chi connectivity index (χ0v) is 13.5. The molecule has 0 radical (unpaired) electrons. The average molecular weight is 301 g/mol. The standard InChI is InChI=1S/C17H23N3O2/c1-12(2)17(21)20-9-7-19(8-10-20)11-15-18-14-6-4-5-13(3)16(14)22-15/h4-6,12H,7-11H2,1-3H3. The van der Waals surface area contributed by atoms with Gasteiger partial charge < -0.3 is 9.32 Å². The summed E-state index contributed by atoms with van der Waals surface area (Å²) >= 11 is 0. The smallest absolute Gasteiger partial charge is 0.225 e. The van der Waals surface area contributed by atoms with Gasteiger partial charge in [-0.15, -0.1) is 0 Å². The fraction of sp³-hybridized carbons (Fsp3) is 0.529. The summed E-state index contributed by atoms with van der Waals surface area (Å²) in [6.45, 7) is 9.97. The zero-order valence-electron chi connectivity index (χ0n) is 13.5. The zero-order chi connectivity index (χ0) is 15.7. The van der Waals surface area contributed by atoms with Crippen molar-refractivity contribution in [3.63, 3.8) is 0 Å². The first-order valence-electron chi connectivity index (χ1n) is 7.91. The minimum atomic E-state index is 0.0755. The van der Waals surface area contributed by atoms with E-state index >= 15 is 0 Å². The molecule has 118 valence electrons. The van der Waals surface area contributed by atoms with Crippen LogP contribution in [0, 0.1) is 12.8 Å². The SMILES string of the molecule is Cc1cccc2nc(CN3CCN(C(=O)C(C)C)CC3)oc12. The van der Waals surface area contributed by atoms with Gasteiger partial charge in [-0.3, -0.25) is 9.69 Å². The molecular formula is C17H23N3O2. The van der Waals surface area contributed by atoms with Crippen molar-refractivity contribution in [1.29, 1.82) is 0 Å². The van der Waals surface area contributed by atoms with Crippen molar-refractivity contribution in [2.45, 2.75) is 27.3 Å². The summed E-state index contributed by atoms with van der Waals surface area (Å²) in [4.78, 5) is 20.8. The molecule has 1 aliphatic heterocycles. The van der Waals surface area contributed by atoms with Gasteiger partial charge in [-0.2, -0.15) is 0 Å². The number of nitrogens with zero attached hydrogens (tertiary/aromatic N) is 3. The van der Waals surface area contributed by atoms with Crippen LogP contribution in [0.5, 0.6) is 0 Å². The lowest BCUT2D eigenvalue weighted by Crippen LogP contribution is -2.49.